The van der Waals surface area contributed by atoms with Gasteiger partial charge in [0, 0.05) is 11.5 Å². The number of hydrogen-bond acceptors (Lipinski definition) is 2. The van der Waals surface area contributed by atoms with Gasteiger partial charge in [-0.3, -0.25) is 4.79 Å². The molecule has 1 aliphatic carbocycles. The topological polar surface area (TPSA) is 26.3 Å². The first kappa shape index (κ1) is 11.2. The molecule has 0 heterocycles. The minimum absolute atomic E-state index is 0.256. The molecule has 2 rings (SSSR count). The van der Waals surface area contributed by atoms with Crippen molar-refractivity contribution in [2.24, 2.45) is 11.8 Å². The van der Waals surface area contributed by atoms with Gasteiger partial charge in [0.1, 0.15) is 5.75 Å². The third-order valence-electron chi connectivity index (χ3n) is 3.45. The van der Waals surface area contributed by atoms with Gasteiger partial charge in [0.2, 0.25) is 0 Å². The number of carbonyl (C=O) groups is 1. The first-order valence-electron chi connectivity index (χ1n) is 5.74. The molecule has 86 valence electrons. The Morgan fingerprint density at radius 3 is 2.44 bits per heavy atom. The lowest BCUT2D eigenvalue weighted by Gasteiger charge is -2.10. The Hall–Kier alpha value is -1.31. The molecule has 1 aromatic carbocycles. The zero-order valence-electron chi connectivity index (χ0n) is 10.3. The van der Waals surface area contributed by atoms with Crippen molar-refractivity contribution >= 4 is 5.78 Å². The van der Waals surface area contributed by atoms with E-state index in [2.05, 4.69) is 6.92 Å². The van der Waals surface area contributed by atoms with Gasteiger partial charge in [0.25, 0.3) is 0 Å². The molecule has 0 aliphatic heterocycles. The third kappa shape index (κ3) is 1.84. The molecule has 0 radical (unpaired) electrons. The molecule has 2 atom stereocenters. The molecule has 1 fully saturated rings. The summed E-state index contributed by atoms with van der Waals surface area (Å²) in [6, 6.07) is 3.91. The number of rotatable bonds is 3. The molecule has 0 amide bonds. The highest BCUT2D eigenvalue weighted by atomic mass is 16.5. The van der Waals surface area contributed by atoms with Crippen LogP contribution in [0.5, 0.6) is 5.75 Å². The molecule has 1 aliphatic rings. The Bertz CT molecular complexity index is 435. The Kier molecular flexibility index (Phi) is 2.75. The van der Waals surface area contributed by atoms with Gasteiger partial charge in [-0.25, -0.2) is 0 Å². The summed E-state index contributed by atoms with van der Waals surface area (Å²) < 4.78 is 5.25. The van der Waals surface area contributed by atoms with E-state index in [9.17, 15) is 4.79 Å². The number of Topliss-reactive ketones (excluding diaryl/α,β-unsaturated/α-hetero) is 1. The fourth-order valence-corrected chi connectivity index (χ4v) is 2.16. The van der Waals surface area contributed by atoms with Crippen molar-refractivity contribution in [3.63, 3.8) is 0 Å². The smallest absolute Gasteiger partial charge is 0.166 e. The molecular weight excluding hydrogens is 200 g/mol. The average Bonchev–Trinajstić information content (AvgIpc) is 2.97. The molecule has 0 spiro atoms. The van der Waals surface area contributed by atoms with Crippen LogP contribution in [0.15, 0.2) is 12.1 Å². The molecule has 0 bridgehead atoms. The van der Waals surface area contributed by atoms with Gasteiger partial charge < -0.3 is 4.74 Å². The molecule has 16 heavy (non-hydrogen) atoms. The van der Waals surface area contributed by atoms with Gasteiger partial charge in [-0.05, 0) is 49.4 Å². The van der Waals surface area contributed by atoms with E-state index in [1.54, 1.807) is 7.11 Å². The van der Waals surface area contributed by atoms with E-state index in [1.807, 2.05) is 26.0 Å². The lowest BCUT2D eigenvalue weighted by atomic mass is 9.98. The van der Waals surface area contributed by atoms with Gasteiger partial charge in [0.05, 0.1) is 7.11 Å². The average molecular weight is 218 g/mol. The van der Waals surface area contributed by atoms with Crippen LogP contribution in [0.3, 0.4) is 0 Å². The molecule has 2 unspecified atom stereocenters. The number of carbonyl (C=O) groups excluding carboxylic acids is 1. The monoisotopic (exact) mass is 218 g/mol. The summed E-state index contributed by atoms with van der Waals surface area (Å²) in [6.07, 6.45) is 1.04. The predicted molar refractivity (Wildman–Crippen MR) is 64.1 cm³/mol. The second-order valence-corrected chi connectivity index (χ2v) is 4.82. The van der Waals surface area contributed by atoms with Crippen LogP contribution in [0, 0.1) is 25.7 Å². The zero-order valence-corrected chi connectivity index (χ0v) is 10.3. The molecule has 2 nitrogen and oxygen atoms in total. The van der Waals surface area contributed by atoms with Crippen LogP contribution in [0.1, 0.15) is 34.8 Å². The van der Waals surface area contributed by atoms with E-state index >= 15 is 0 Å². The first-order valence-corrected chi connectivity index (χ1v) is 5.74. The summed E-state index contributed by atoms with van der Waals surface area (Å²) in [7, 11) is 1.66. The van der Waals surface area contributed by atoms with Crippen LogP contribution in [-0.4, -0.2) is 12.9 Å². The van der Waals surface area contributed by atoms with Crippen LogP contribution in [0.25, 0.3) is 0 Å². The van der Waals surface area contributed by atoms with Gasteiger partial charge in [-0.15, -0.1) is 0 Å². The number of ether oxygens (including phenoxy) is 1. The fourth-order valence-electron chi connectivity index (χ4n) is 2.16. The summed E-state index contributed by atoms with van der Waals surface area (Å²) in [4.78, 5) is 12.1. The van der Waals surface area contributed by atoms with Crippen molar-refractivity contribution in [3.05, 3.63) is 28.8 Å². The van der Waals surface area contributed by atoms with Crippen molar-refractivity contribution < 1.29 is 9.53 Å². The SMILES string of the molecule is COc1cc(C)c(C(=O)C2CC2C)cc1C. The first-order chi connectivity index (χ1) is 7.54. The second-order valence-electron chi connectivity index (χ2n) is 4.82. The van der Waals surface area contributed by atoms with Gasteiger partial charge in [-0.1, -0.05) is 6.92 Å². The van der Waals surface area contributed by atoms with Crippen molar-refractivity contribution in [2.45, 2.75) is 27.2 Å². The van der Waals surface area contributed by atoms with Crippen LogP contribution in [0.4, 0.5) is 0 Å². The normalized spacial score (nSPS) is 23.0. The minimum Gasteiger partial charge on any atom is -0.496 e. The summed E-state index contributed by atoms with van der Waals surface area (Å²) in [5, 5.41) is 0. The van der Waals surface area contributed by atoms with E-state index in [1.165, 1.54) is 0 Å². The largest absolute Gasteiger partial charge is 0.496 e. The minimum atomic E-state index is 0.256. The standard InChI is InChI=1S/C14H18O2/c1-8-5-11(8)14(15)12-6-10(3)13(16-4)7-9(12)2/h6-8,11H,5H2,1-4H3. The Morgan fingerprint density at radius 1 is 1.31 bits per heavy atom. The molecule has 0 aromatic heterocycles. The molecule has 0 N–H and O–H groups in total. The Balaban J connectivity index is 2.34. The van der Waals surface area contributed by atoms with E-state index in [0.717, 1.165) is 28.9 Å². The maximum Gasteiger partial charge on any atom is 0.166 e. The second kappa shape index (κ2) is 3.93. The van der Waals surface area contributed by atoms with Gasteiger partial charge in [-0.2, -0.15) is 0 Å². The predicted octanol–water partition coefficient (Wildman–Crippen LogP) is 3.15. The number of hydrogen-bond donors (Lipinski definition) is 0. The lowest BCUT2D eigenvalue weighted by molar-refractivity contribution is 0.0961. The van der Waals surface area contributed by atoms with Crippen molar-refractivity contribution in [1.82, 2.24) is 0 Å². The van der Waals surface area contributed by atoms with Crippen molar-refractivity contribution in [3.8, 4) is 5.75 Å². The fraction of sp³-hybridized carbons (Fsp3) is 0.500. The highest BCUT2D eigenvalue weighted by Crippen LogP contribution is 2.41. The summed E-state index contributed by atoms with van der Waals surface area (Å²) in [6.45, 7) is 6.09. The Morgan fingerprint density at radius 2 is 1.94 bits per heavy atom. The van der Waals surface area contributed by atoms with E-state index in [-0.39, 0.29) is 5.92 Å². The summed E-state index contributed by atoms with van der Waals surface area (Å²) >= 11 is 0. The van der Waals surface area contributed by atoms with Gasteiger partial charge >= 0.3 is 0 Å². The van der Waals surface area contributed by atoms with Crippen LogP contribution < -0.4 is 4.74 Å². The molecule has 1 saturated carbocycles. The van der Waals surface area contributed by atoms with E-state index < -0.39 is 0 Å². The molecule has 1 aromatic rings. The number of benzene rings is 1. The van der Waals surface area contributed by atoms with Crippen molar-refractivity contribution in [1.29, 1.82) is 0 Å². The highest BCUT2D eigenvalue weighted by Gasteiger charge is 2.39. The van der Waals surface area contributed by atoms with Crippen LogP contribution >= 0.6 is 0 Å². The maximum absolute atomic E-state index is 12.1. The van der Waals surface area contributed by atoms with Crippen LogP contribution in [0.2, 0.25) is 0 Å². The number of methoxy groups -OCH3 is 1. The molecular formula is C14H18O2. The lowest BCUT2D eigenvalue weighted by Crippen LogP contribution is -2.06. The summed E-state index contributed by atoms with van der Waals surface area (Å²) in [5.74, 6) is 1.98. The van der Waals surface area contributed by atoms with E-state index in [0.29, 0.717) is 11.7 Å². The third-order valence-corrected chi connectivity index (χ3v) is 3.45. The van der Waals surface area contributed by atoms with Crippen molar-refractivity contribution in [2.75, 3.05) is 7.11 Å². The zero-order chi connectivity index (χ0) is 11.9. The van der Waals surface area contributed by atoms with Crippen LogP contribution in [-0.2, 0) is 0 Å². The molecule has 2 heteroatoms. The quantitative estimate of drug-likeness (QED) is 0.728. The number of ketones is 1. The highest BCUT2D eigenvalue weighted by molar-refractivity contribution is 6.01. The van der Waals surface area contributed by atoms with E-state index in [4.69, 9.17) is 4.74 Å². The summed E-state index contributed by atoms with van der Waals surface area (Å²) in [5.41, 5.74) is 2.92. The number of aryl methyl sites for hydroxylation is 2. The maximum atomic E-state index is 12.1. The molecule has 0 saturated heterocycles. The van der Waals surface area contributed by atoms with Gasteiger partial charge in [0.15, 0.2) is 5.78 Å². The Labute approximate surface area is 96.6 Å².